The van der Waals surface area contributed by atoms with Crippen LogP contribution in [0, 0.1) is 12.6 Å². The van der Waals surface area contributed by atoms with Gasteiger partial charge in [-0.25, -0.2) is 0 Å². The first kappa shape index (κ1) is 16.8. The number of halogens is 2. The number of hydrogen-bond acceptors (Lipinski definition) is 3. The number of rotatable bonds is 3. The molecule has 0 bridgehead atoms. The smallest absolute Gasteiger partial charge is 0.311 e. The average Bonchev–Trinajstić information content (AvgIpc) is 2.88. The molecule has 5 nitrogen and oxygen atoms in total. The van der Waals surface area contributed by atoms with Crippen LogP contribution in [0.1, 0.15) is 30.1 Å². The van der Waals surface area contributed by atoms with E-state index in [1.54, 1.807) is 12.1 Å². The molecule has 1 aromatic carbocycles. The molecule has 7 heteroatoms. The van der Waals surface area contributed by atoms with Crippen molar-refractivity contribution < 1.29 is 19.8 Å². The third kappa shape index (κ3) is 3.13. The van der Waals surface area contributed by atoms with Crippen LogP contribution >= 0.6 is 45.2 Å². The number of likely N-dealkylation sites (tertiary alicyclic amines) is 1. The second-order valence-electron chi connectivity index (χ2n) is 5.20. The number of nitrogens with zero attached hydrogens (tertiary/aromatic N) is 1. The molecule has 1 saturated heterocycles. The van der Waals surface area contributed by atoms with Crippen LogP contribution in [0.3, 0.4) is 0 Å². The van der Waals surface area contributed by atoms with E-state index in [4.69, 9.17) is 0 Å². The lowest BCUT2D eigenvalue weighted by molar-refractivity contribution is -0.148. The van der Waals surface area contributed by atoms with Crippen LogP contribution in [-0.4, -0.2) is 40.1 Å². The minimum atomic E-state index is -0.861. The Balaban J connectivity index is 2.29. The summed E-state index contributed by atoms with van der Waals surface area (Å²) in [6, 6.07) is 3.41. The molecule has 1 atom stereocenters. The fourth-order valence-electron chi connectivity index (χ4n) is 2.56. The fraction of sp³-hybridized carbons (Fsp3) is 0.429. The van der Waals surface area contributed by atoms with E-state index in [9.17, 15) is 19.8 Å². The Labute approximate surface area is 150 Å². The fourth-order valence-corrected chi connectivity index (χ4v) is 4.40. The van der Waals surface area contributed by atoms with Gasteiger partial charge in [-0.15, -0.1) is 0 Å². The van der Waals surface area contributed by atoms with E-state index in [0.29, 0.717) is 23.0 Å². The Bertz CT molecular complexity index is 605. The molecule has 1 amide bonds. The third-order valence-electron chi connectivity index (χ3n) is 4.03. The van der Waals surface area contributed by atoms with Crippen LogP contribution in [0.2, 0.25) is 0 Å². The Kier molecular flexibility index (Phi) is 5.01. The predicted molar refractivity (Wildman–Crippen MR) is 94.4 cm³/mol. The van der Waals surface area contributed by atoms with Gasteiger partial charge < -0.3 is 15.1 Å². The Morgan fingerprint density at radius 3 is 2.57 bits per heavy atom. The molecule has 1 aromatic rings. The van der Waals surface area contributed by atoms with Gasteiger partial charge >= 0.3 is 5.97 Å². The van der Waals surface area contributed by atoms with E-state index in [2.05, 4.69) is 22.6 Å². The molecular formula is C14H15I2NO4. The molecule has 1 heterocycles. The Morgan fingerprint density at radius 2 is 2.05 bits per heavy atom. The van der Waals surface area contributed by atoms with E-state index < -0.39 is 11.4 Å². The van der Waals surface area contributed by atoms with Gasteiger partial charge in [-0.2, -0.15) is 0 Å². The molecule has 2 rings (SSSR count). The van der Waals surface area contributed by atoms with E-state index >= 15 is 0 Å². The summed E-state index contributed by atoms with van der Waals surface area (Å²) in [6.45, 7) is 2.42. The first-order valence-electron chi connectivity index (χ1n) is 6.51. The molecule has 114 valence electrons. The third-order valence-corrected chi connectivity index (χ3v) is 5.48. The minimum absolute atomic E-state index is 0.0367. The van der Waals surface area contributed by atoms with Crippen LogP contribution in [-0.2, 0) is 4.79 Å². The van der Waals surface area contributed by atoms with Crippen molar-refractivity contribution in [3.8, 4) is 5.75 Å². The van der Waals surface area contributed by atoms with Crippen molar-refractivity contribution in [1.29, 1.82) is 0 Å². The van der Waals surface area contributed by atoms with E-state index in [1.165, 1.54) is 4.90 Å². The monoisotopic (exact) mass is 515 g/mol. The highest BCUT2D eigenvalue weighted by Gasteiger charge is 2.45. The van der Waals surface area contributed by atoms with Crippen LogP contribution in [0.5, 0.6) is 5.75 Å². The number of hydrogen-bond donors (Lipinski definition) is 2. The number of aromatic hydroxyl groups is 1. The van der Waals surface area contributed by atoms with Gasteiger partial charge in [0.2, 0.25) is 0 Å². The summed E-state index contributed by atoms with van der Waals surface area (Å²) in [5, 5.41) is 19.5. The maximum Gasteiger partial charge on any atom is 0.311 e. The SMILES string of the molecule is CCC1(C(=O)O)CCN(C(=O)c2cc(I)cc(I)c2O)C1. The molecule has 2 N–H and O–H groups in total. The van der Waals surface area contributed by atoms with Gasteiger partial charge in [0, 0.05) is 16.7 Å². The van der Waals surface area contributed by atoms with Crippen molar-refractivity contribution >= 4 is 57.1 Å². The Hall–Kier alpha value is -0.580. The van der Waals surface area contributed by atoms with Gasteiger partial charge in [0.05, 0.1) is 14.5 Å². The van der Waals surface area contributed by atoms with Crippen molar-refractivity contribution in [2.24, 2.45) is 5.41 Å². The number of aliphatic carboxylic acids is 1. The van der Waals surface area contributed by atoms with Crippen LogP contribution in [0.4, 0.5) is 0 Å². The number of carbonyl (C=O) groups is 2. The van der Waals surface area contributed by atoms with Crippen molar-refractivity contribution in [3.63, 3.8) is 0 Å². The Morgan fingerprint density at radius 1 is 1.38 bits per heavy atom. The summed E-state index contributed by atoms with van der Waals surface area (Å²) in [5.41, 5.74) is -0.621. The molecule has 0 aromatic heterocycles. The maximum atomic E-state index is 12.6. The highest BCUT2D eigenvalue weighted by Crippen LogP contribution is 2.36. The summed E-state index contributed by atoms with van der Waals surface area (Å²) < 4.78 is 1.47. The van der Waals surface area contributed by atoms with Crippen LogP contribution in [0.25, 0.3) is 0 Å². The number of carboxylic acids is 1. The number of carbonyl (C=O) groups excluding carboxylic acids is 1. The first-order valence-corrected chi connectivity index (χ1v) is 8.67. The normalized spacial score (nSPS) is 21.6. The van der Waals surface area contributed by atoms with Crippen molar-refractivity contribution in [2.75, 3.05) is 13.1 Å². The quantitative estimate of drug-likeness (QED) is 0.608. The standard InChI is InChI=1S/C14H15I2NO4/c1-2-14(13(20)21)3-4-17(7-14)12(19)9-5-8(15)6-10(16)11(9)18/h5-6,18H,2-4,7H2,1H3,(H,20,21). The zero-order valence-electron chi connectivity index (χ0n) is 11.4. The van der Waals surface area contributed by atoms with Crippen molar-refractivity contribution in [3.05, 3.63) is 24.8 Å². The summed E-state index contributed by atoms with van der Waals surface area (Å²) in [7, 11) is 0. The molecule has 1 fully saturated rings. The summed E-state index contributed by atoms with van der Waals surface area (Å²) in [4.78, 5) is 25.5. The maximum absolute atomic E-state index is 12.6. The number of phenols is 1. The van der Waals surface area contributed by atoms with Gasteiger partial charge in [-0.1, -0.05) is 6.92 Å². The number of amides is 1. The zero-order chi connectivity index (χ0) is 15.8. The molecule has 0 aliphatic carbocycles. The highest BCUT2D eigenvalue weighted by molar-refractivity contribution is 14.1. The topological polar surface area (TPSA) is 77.8 Å². The minimum Gasteiger partial charge on any atom is -0.506 e. The van der Waals surface area contributed by atoms with E-state index in [1.807, 2.05) is 29.5 Å². The first-order chi connectivity index (χ1) is 9.80. The molecular weight excluding hydrogens is 500 g/mol. The molecule has 0 saturated carbocycles. The second kappa shape index (κ2) is 6.27. The molecule has 1 aliphatic heterocycles. The largest absolute Gasteiger partial charge is 0.506 e. The lowest BCUT2D eigenvalue weighted by atomic mass is 9.84. The van der Waals surface area contributed by atoms with E-state index in [-0.39, 0.29) is 23.8 Å². The van der Waals surface area contributed by atoms with Crippen LogP contribution in [0.15, 0.2) is 12.1 Å². The average molecular weight is 515 g/mol. The molecule has 1 aliphatic rings. The highest BCUT2D eigenvalue weighted by atomic mass is 127. The van der Waals surface area contributed by atoms with Crippen molar-refractivity contribution in [2.45, 2.75) is 19.8 Å². The summed E-state index contributed by atoms with van der Waals surface area (Å²) in [6.07, 6.45) is 0.939. The van der Waals surface area contributed by atoms with Gasteiger partial charge in [0.1, 0.15) is 5.75 Å². The summed E-state index contributed by atoms with van der Waals surface area (Å²) >= 11 is 4.07. The molecule has 0 radical (unpaired) electrons. The van der Waals surface area contributed by atoms with Gasteiger partial charge in [-0.05, 0) is 70.2 Å². The van der Waals surface area contributed by atoms with E-state index in [0.717, 1.165) is 3.57 Å². The summed E-state index contributed by atoms with van der Waals surface area (Å²) in [5.74, 6) is -1.20. The lowest BCUT2D eigenvalue weighted by Crippen LogP contribution is -2.36. The van der Waals surface area contributed by atoms with Gasteiger partial charge in [-0.3, -0.25) is 9.59 Å². The molecule has 0 spiro atoms. The lowest BCUT2D eigenvalue weighted by Gasteiger charge is -2.23. The van der Waals surface area contributed by atoms with Gasteiger partial charge in [0.25, 0.3) is 5.91 Å². The van der Waals surface area contributed by atoms with Crippen molar-refractivity contribution in [1.82, 2.24) is 4.90 Å². The molecule has 21 heavy (non-hydrogen) atoms. The number of phenolic OH excluding ortho intramolecular Hbond substituents is 1. The predicted octanol–water partition coefficient (Wildman–Crippen LogP) is 2.93. The van der Waals surface area contributed by atoms with Gasteiger partial charge in [0.15, 0.2) is 0 Å². The number of carboxylic acid groups (broad SMARTS) is 1. The number of benzene rings is 1. The van der Waals surface area contributed by atoms with Crippen LogP contribution < -0.4 is 0 Å². The molecule has 1 unspecified atom stereocenters. The zero-order valence-corrected chi connectivity index (χ0v) is 15.7. The second-order valence-corrected chi connectivity index (χ2v) is 7.61.